The number of aliphatic hydroxyl groups is 2. The van der Waals surface area contributed by atoms with Crippen LogP contribution < -0.4 is 0 Å². The molecule has 1 heterocycles. The molecule has 1 amide bonds. The van der Waals surface area contributed by atoms with Gasteiger partial charge >= 0.3 is 0 Å². The summed E-state index contributed by atoms with van der Waals surface area (Å²) in [5, 5.41) is 21.7. The monoisotopic (exact) mass is 507 g/mol. The summed E-state index contributed by atoms with van der Waals surface area (Å²) >= 11 is 12.6. The SMILES string of the molecule is CC[C@@H]([C@H](C)CO)N1C(=O)[C@@](C)(CC(O)OC)C[C@H](c2cccc(Cl)c2)[C@H]1c1ccc(Cl)cc1. The normalized spacial score (nSPS) is 25.8. The van der Waals surface area contributed by atoms with Crippen molar-refractivity contribution in [1.29, 1.82) is 0 Å². The molecular formula is C27H35Cl2NO4. The maximum Gasteiger partial charge on any atom is 0.229 e. The lowest BCUT2D eigenvalue weighted by molar-refractivity contribution is -0.167. The smallest absolute Gasteiger partial charge is 0.229 e. The van der Waals surface area contributed by atoms with Gasteiger partial charge in [0.2, 0.25) is 5.91 Å². The van der Waals surface area contributed by atoms with Gasteiger partial charge in [0.25, 0.3) is 0 Å². The molecule has 1 fully saturated rings. The third-order valence-electron chi connectivity index (χ3n) is 7.21. The summed E-state index contributed by atoms with van der Waals surface area (Å²) in [6.45, 7) is 5.86. The van der Waals surface area contributed by atoms with Gasteiger partial charge in [-0.1, -0.05) is 68.2 Å². The molecule has 2 aromatic carbocycles. The van der Waals surface area contributed by atoms with Crippen LogP contribution >= 0.6 is 23.2 Å². The van der Waals surface area contributed by atoms with Crippen LogP contribution in [0.5, 0.6) is 0 Å². The van der Waals surface area contributed by atoms with Crippen LogP contribution in [-0.4, -0.2) is 47.1 Å². The second kappa shape index (κ2) is 11.4. The highest BCUT2D eigenvalue weighted by Gasteiger charge is 2.52. The van der Waals surface area contributed by atoms with Crippen LogP contribution in [0.2, 0.25) is 10.0 Å². The Kier molecular flexibility index (Phi) is 9.04. The number of halogens is 2. The first kappa shape index (κ1) is 27.0. The number of likely N-dealkylation sites (tertiary alicyclic amines) is 1. The van der Waals surface area contributed by atoms with E-state index in [1.54, 1.807) is 0 Å². The predicted molar refractivity (Wildman–Crippen MR) is 136 cm³/mol. The zero-order valence-electron chi connectivity index (χ0n) is 20.2. The van der Waals surface area contributed by atoms with Crippen LogP contribution in [0.3, 0.4) is 0 Å². The van der Waals surface area contributed by atoms with Crippen LogP contribution in [0.15, 0.2) is 48.5 Å². The van der Waals surface area contributed by atoms with Crippen molar-refractivity contribution in [2.24, 2.45) is 11.3 Å². The van der Waals surface area contributed by atoms with Crippen molar-refractivity contribution in [2.75, 3.05) is 13.7 Å². The van der Waals surface area contributed by atoms with E-state index >= 15 is 0 Å². The lowest BCUT2D eigenvalue weighted by atomic mass is 9.66. The lowest BCUT2D eigenvalue weighted by Gasteiger charge is -2.53. The molecule has 1 aliphatic rings. The molecule has 1 unspecified atom stereocenters. The number of carbonyl (C=O) groups excluding carboxylic acids is 1. The van der Waals surface area contributed by atoms with Crippen molar-refractivity contribution in [3.63, 3.8) is 0 Å². The van der Waals surface area contributed by atoms with Gasteiger partial charge in [0.1, 0.15) is 0 Å². The van der Waals surface area contributed by atoms with E-state index in [4.69, 9.17) is 27.9 Å². The average molecular weight is 508 g/mol. The summed E-state index contributed by atoms with van der Waals surface area (Å²) in [5.74, 6) is -0.265. The van der Waals surface area contributed by atoms with Gasteiger partial charge < -0.3 is 19.8 Å². The second-order valence-electron chi connectivity index (χ2n) is 9.67. The number of carbonyl (C=O) groups is 1. The van der Waals surface area contributed by atoms with Gasteiger partial charge in [0.05, 0.1) is 11.5 Å². The first-order valence-corrected chi connectivity index (χ1v) is 12.6. The van der Waals surface area contributed by atoms with Crippen LogP contribution in [0.1, 0.15) is 63.1 Å². The first-order valence-electron chi connectivity index (χ1n) is 11.8. The van der Waals surface area contributed by atoms with Crippen molar-refractivity contribution < 1.29 is 19.7 Å². The third kappa shape index (κ3) is 5.60. The number of methoxy groups -OCH3 is 1. The molecule has 1 saturated heterocycles. The zero-order valence-corrected chi connectivity index (χ0v) is 21.8. The fourth-order valence-electron chi connectivity index (χ4n) is 5.40. The minimum Gasteiger partial charge on any atom is -0.396 e. The molecule has 186 valence electrons. The largest absolute Gasteiger partial charge is 0.396 e. The van der Waals surface area contributed by atoms with Gasteiger partial charge in [-0.3, -0.25) is 4.79 Å². The van der Waals surface area contributed by atoms with Gasteiger partial charge in [-0.2, -0.15) is 0 Å². The number of amides is 1. The molecule has 5 nitrogen and oxygen atoms in total. The van der Waals surface area contributed by atoms with Crippen molar-refractivity contribution in [1.82, 2.24) is 4.90 Å². The van der Waals surface area contributed by atoms with Crippen molar-refractivity contribution in [3.05, 3.63) is 69.7 Å². The number of hydrogen-bond acceptors (Lipinski definition) is 4. The summed E-state index contributed by atoms with van der Waals surface area (Å²) < 4.78 is 5.15. The number of aliphatic hydroxyl groups excluding tert-OH is 2. The summed E-state index contributed by atoms with van der Waals surface area (Å²) in [4.78, 5) is 16.2. The highest BCUT2D eigenvalue weighted by Crippen LogP contribution is 2.53. The Morgan fingerprint density at radius 1 is 1.15 bits per heavy atom. The minimum atomic E-state index is -1.06. The molecular weight excluding hydrogens is 473 g/mol. The molecule has 7 heteroatoms. The Labute approximate surface area is 212 Å². The van der Waals surface area contributed by atoms with Gasteiger partial charge in [-0.15, -0.1) is 0 Å². The van der Waals surface area contributed by atoms with Crippen molar-refractivity contribution >= 4 is 29.1 Å². The van der Waals surface area contributed by atoms with Crippen LogP contribution in [0.4, 0.5) is 0 Å². The molecule has 0 saturated carbocycles. The molecule has 6 atom stereocenters. The fourth-order valence-corrected chi connectivity index (χ4v) is 5.72. The Bertz CT molecular complexity index is 969. The molecule has 0 radical (unpaired) electrons. The Balaban J connectivity index is 2.24. The average Bonchev–Trinajstić information content (AvgIpc) is 2.82. The van der Waals surface area contributed by atoms with Gasteiger partial charge in [-0.05, 0) is 54.2 Å². The number of piperidine rings is 1. The number of rotatable bonds is 9. The summed E-state index contributed by atoms with van der Waals surface area (Å²) in [5.41, 5.74) is 1.13. The van der Waals surface area contributed by atoms with Gasteiger partial charge in [-0.25, -0.2) is 0 Å². The number of ether oxygens (including phenoxy) is 1. The summed E-state index contributed by atoms with van der Waals surface area (Å²) in [7, 11) is 1.44. The number of benzene rings is 2. The number of nitrogens with zero attached hydrogens (tertiary/aromatic N) is 1. The van der Waals surface area contributed by atoms with E-state index in [-0.39, 0.29) is 42.9 Å². The van der Waals surface area contributed by atoms with Gasteiger partial charge in [0, 0.05) is 42.1 Å². The van der Waals surface area contributed by atoms with E-state index in [1.807, 2.05) is 74.2 Å². The summed E-state index contributed by atoms with van der Waals surface area (Å²) in [6, 6.07) is 14.9. The zero-order chi connectivity index (χ0) is 25.0. The third-order valence-corrected chi connectivity index (χ3v) is 7.70. The van der Waals surface area contributed by atoms with E-state index in [0.717, 1.165) is 11.1 Å². The molecule has 1 aliphatic heterocycles. The van der Waals surface area contributed by atoms with Crippen LogP contribution in [-0.2, 0) is 9.53 Å². The van der Waals surface area contributed by atoms with Gasteiger partial charge in [0.15, 0.2) is 6.29 Å². The Morgan fingerprint density at radius 2 is 1.82 bits per heavy atom. The second-order valence-corrected chi connectivity index (χ2v) is 10.5. The molecule has 34 heavy (non-hydrogen) atoms. The maximum absolute atomic E-state index is 14.2. The lowest BCUT2D eigenvalue weighted by Crippen LogP contribution is -2.58. The Morgan fingerprint density at radius 3 is 2.38 bits per heavy atom. The molecule has 0 spiro atoms. The predicted octanol–water partition coefficient (Wildman–Crippen LogP) is 5.82. The van der Waals surface area contributed by atoms with E-state index in [0.29, 0.717) is 22.9 Å². The van der Waals surface area contributed by atoms with Crippen LogP contribution in [0, 0.1) is 11.3 Å². The molecule has 0 aromatic heterocycles. The highest BCUT2D eigenvalue weighted by molar-refractivity contribution is 6.30. The number of hydrogen-bond donors (Lipinski definition) is 2. The highest BCUT2D eigenvalue weighted by atomic mass is 35.5. The quantitative estimate of drug-likeness (QED) is 0.419. The van der Waals surface area contributed by atoms with Crippen molar-refractivity contribution in [2.45, 2.75) is 64.3 Å². The van der Waals surface area contributed by atoms with Crippen molar-refractivity contribution in [3.8, 4) is 0 Å². The topological polar surface area (TPSA) is 70.0 Å². The summed E-state index contributed by atoms with van der Waals surface area (Å²) in [6.07, 6.45) is 0.314. The first-order chi connectivity index (χ1) is 16.1. The molecule has 0 aliphatic carbocycles. The maximum atomic E-state index is 14.2. The Hall–Kier alpha value is -1.63. The van der Waals surface area contributed by atoms with Crippen LogP contribution in [0.25, 0.3) is 0 Å². The molecule has 2 aromatic rings. The fraction of sp³-hybridized carbons (Fsp3) is 0.519. The van der Waals surface area contributed by atoms with E-state index in [1.165, 1.54) is 7.11 Å². The minimum absolute atomic E-state index is 0.0329. The van der Waals surface area contributed by atoms with E-state index in [2.05, 4.69) is 0 Å². The molecule has 0 bridgehead atoms. The molecule has 3 rings (SSSR count). The van der Waals surface area contributed by atoms with E-state index < -0.39 is 11.7 Å². The van der Waals surface area contributed by atoms with E-state index in [9.17, 15) is 15.0 Å². The molecule has 2 N–H and O–H groups in total. The standard InChI is InChI=1S/C27H35Cl2NO4/c1-5-23(17(2)16-31)30-25(18-9-11-20(28)12-10-18)22(19-7-6-8-21(29)13-19)14-27(3,26(30)33)15-24(32)34-4/h6-13,17,22-25,31-32H,5,14-16H2,1-4H3/t17-,22-,23+,24?,25-,27-/m1/s1.